The molecule has 0 unspecified atom stereocenters. The fourth-order valence-electron chi connectivity index (χ4n) is 0.674. The number of hydrogen-bond donors (Lipinski definition) is 1. The summed E-state index contributed by atoms with van der Waals surface area (Å²) in [6, 6.07) is 0.0456. The quantitative estimate of drug-likeness (QED) is 0.609. The first-order chi connectivity index (χ1) is 5.22. The molecule has 1 heteroatoms. The average Bonchev–Trinajstić information content (AvgIpc) is 1.97. The van der Waals surface area contributed by atoms with Crippen molar-refractivity contribution < 1.29 is 0 Å². The minimum absolute atomic E-state index is 0.0456. The van der Waals surface area contributed by atoms with Crippen LogP contribution in [0.2, 0.25) is 0 Å². The predicted octanol–water partition coefficient (Wildman–Crippen LogP) is 2.19. The van der Waals surface area contributed by atoms with Gasteiger partial charge >= 0.3 is 0 Å². The normalized spacial score (nSPS) is 14.9. The first-order valence-electron chi connectivity index (χ1n) is 3.59. The lowest BCUT2D eigenvalue weighted by Crippen LogP contribution is -2.16. The summed E-state index contributed by atoms with van der Waals surface area (Å²) in [6.07, 6.45) is 9.13. The minimum Gasteiger partial charge on any atom is -0.324 e. The Bertz CT molecular complexity index is 185. The van der Waals surface area contributed by atoms with Crippen LogP contribution in [-0.2, 0) is 0 Å². The van der Waals surface area contributed by atoms with E-state index in [0.29, 0.717) is 0 Å². The molecule has 0 heterocycles. The van der Waals surface area contributed by atoms with Crippen molar-refractivity contribution in [2.75, 3.05) is 0 Å². The Hall–Kier alpha value is -1.08. The summed E-state index contributed by atoms with van der Waals surface area (Å²) < 4.78 is 0. The van der Waals surface area contributed by atoms with Crippen molar-refractivity contribution in [1.29, 1.82) is 0 Å². The van der Waals surface area contributed by atoms with E-state index in [2.05, 4.69) is 13.2 Å². The van der Waals surface area contributed by atoms with Gasteiger partial charge in [0.1, 0.15) is 0 Å². The van der Waals surface area contributed by atoms with Gasteiger partial charge in [-0.1, -0.05) is 43.5 Å². The second kappa shape index (κ2) is 5.69. The summed E-state index contributed by atoms with van der Waals surface area (Å²) in [7, 11) is 0. The van der Waals surface area contributed by atoms with E-state index in [1.807, 2.05) is 25.2 Å². The van der Waals surface area contributed by atoms with Crippen LogP contribution in [0.15, 0.2) is 49.1 Å². The van der Waals surface area contributed by atoms with Gasteiger partial charge in [0.2, 0.25) is 0 Å². The van der Waals surface area contributed by atoms with Gasteiger partial charge in [0.25, 0.3) is 0 Å². The van der Waals surface area contributed by atoms with Gasteiger partial charge < -0.3 is 5.73 Å². The summed E-state index contributed by atoms with van der Waals surface area (Å²) in [6.45, 7) is 9.10. The van der Waals surface area contributed by atoms with Gasteiger partial charge in [-0.2, -0.15) is 0 Å². The standard InChI is InChI=1S/C10H15N/c1-4-6-8-10(7-5-2)9(3)11/h4-9H,1-2,11H2,3H3/b8-6-,10-7+/t9-/m0/s1. The second-order valence-corrected chi connectivity index (χ2v) is 2.29. The Kier molecular flexibility index (Phi) is 5.13. The lowest BCUT2D eigenvalue weighted by atomic mass is 10.1. The zero-order valence-electron chi connectivity index (χ0n) is 6.96. The number of rotatable bonds is 4. The Morgan fingerprint density at radius 2 is 2.00 bits per heavy atom. The lowest BCUT2D eigenvalue weighted by molar-refractivity contribution is 0.885. The molecule has 0 rings (SSSR count). The van der Waals surface area contributed by atoms with Crippen LogP contribution in [0.4, 0.5) is 0 Å². The highest BCUT2D eigenvalue weighted by atomic mass is 14.6. The number of hydrogen-bond acceptors (Lipinski definition) is 1. The van der Waals surface area contributed by atoms with E-state index in [0.717, 1.165) is 5.57 Å². The van der Waals surface area contributed by atoms with Crippen LogP contribution in [0.5, 0.6) is 0 Å². The summed E-state index contributed by atoms with van der Waals surface area (Å²) in [5, 5.41) is 0. The van der Waals surface area contributed by atoms with Crippen molar-refractivity contribution in [2.24, 2.45) is 5.73 Å². The van der Waals surface area contributed by atoms with Crippen molar-refractivity contribution in [1.82, 2.24) is 0 Å². The summed E-state index contributed by atoms with van der Waals surface area (Å²) in [5.41, 5.74) is 6.72. The molecule has 0 amide bonds. The van der Waals surface area contributed by atoms with E-state index in [9.17, 15) is 0 Å². The van der Waals surface area contributed by atoms with Crippen LogP contribution < -0.4 is 5.73 Å². The molecule has 1 nitrogen and oxygen atoms in total. The third kappa shape index (κ3) is 4.34. The maximum Gasteiger partial charge on any atom is 0.0266 e. The highest BCUT2D eigenvalue weighted by Gasteiger charge is 1.95. The predicted molar refractivity (Wildman–Crippen MR) is 51.3 cm³/mol. The molecule has 2 N–H and O–H groups in total. The molecule has 0 aromatic rings. The van der Waals surface area contributed by atoms with Gasteiger partial charge in [0, 0.05) is 6.04 Å². The van der Waals surface area contributed by atoms with E-state index in [1.165, 1.54) is 0 Å². The van der Waals surface area contributed by atoms with Crippen LogP contribution in [0, 0.1) is 0 Å². The number of nitrogens with two attached hydrogens (primary N) is 1. The molecular weight excluding hydrogens is 134 g/mol. The molecule has 11 heavy (non-hydrogen) atoms. The maximum atomic E-state index is 5.66. The molecule has 0 spiro atoms. The summed E-state index contributed by atoms with van der Waals surface area (Å²) >= 11 is 0. The first kappa shape index (κ1) is 9.92. The first-order valence-corrected chi connectivity index (χ1v) is 3.59. The molecule has 0 saturated carbocycles. The summed E-state index contributed by atoms with van der Waals surface area (Å²) in [5.74, 6) is 0. The van der Waals surface area contributed by atoms with Crippen LogP contribution >= 0.6 is 0 Å². The fourth-order valence-corrected chi connectivity index (χ4v) is 0.674. The molecule has 0 aliphatic rings. The van der Waals surface area contributed by atoms with Gasteiger partial charge in [-0.25, -0.2) is 0 Å². The molecule has 0 radical (unpaired) electrons. The molecule has 0 fully saturated rings. The largest absolute Gasteiger partial charge is 0.324 e. The lowest BCUT2D eigenvalue weighted by Gasteiger charge is -2.03. The highest BCUT2D eigenvalue weighted by molar-refractivity contribution is 5.28. The maximum absolute atomic E-state index is 5.66. The van der Waals surface area contributed by atoms with Crippen LogP contribution in [0.25, 0.3) is 0 Å². The Morgan fingerprint density at radius 1 is 1.36 bits per heavy atom. The molecule has 0 aliphatic carbocycles. The van der Waals surface area contributed by atoms with Crippen molar-refractivity contribution >= 4 is 0 Å². The zero-order valence-corrected chi connectivity index (χ0v) is 6.96. The third-order valence-electron chi connectivity index (χ3n) is 1.26. The van der Waals surface area contributed by atoms with Gasteiger partial charge in [-0.05, 0) is 12.5 Å². The Labute approximate surface area is 68.6 Å². The van der Waals surface area contributed by atoms with E-state index < -0.39 is 0 Å². The molecule has 0 bridgehead atoms. The molecule has 1 atom stereocenters. The van der Waals surface area contributed by atoms with E-state index >= 15 is 0 Å². The molecule has 0 aromatic carbocycles. The van der Waals surface area contributed by atoms with E-state index in [1.54, 1.807) is 12.2 Å². The van der Waals surface area contributed by atoms with Gasteiger partial charge in [-0.3, -0.25) is 0 Å². The van der Waals surface area contributed by atoms with Crippen molar-refractivity contribution in [3.63, 3.8) is 0 Å². The summed E-state index contributed by atoms with van der Waals surface area (Å²) in [4.78, 5) is 0. The van der Waals surface area contributed by atoms with Gasteiger partial charge in [-0.15, -0.1) is 0 Å². The van der Waals surface area contributed by atoms with Crippen LogP contribution in [0.3, 0.4) is 0 Å². The average molecular weight is 149 g/mol. The minimum atomic E-state index is 0.0456. The third-order valence-corrected chi connectivity index (χ3v) is 1.26. The van der Waals surface area contributed by atoms with Crippen LogP contribution in [-0.4, -0.2) is 6.04 Å². The monoisotopic (exact) mass is 149 g/mol. The molecule has 0 aromatic heterocycles. The van der Waals surface area contributed by atoms with Crippen molar-refractivity contribution in [3.8, 4) is 0 Å². The molecule has 0 saturated heterocycles. The molecule has 60 valence electrons. The topological polar surface area (TPSA) is 26.0 Å². The Morgan fingerprint density at radius 3 is 2.36 bits per heavy atom. The molecule has 0 aliphatic heterocycles. The van der Waals surface area contributed by atoms with Gasteiger partial charge in [0.15, 0.2) is 0 Å². The fraction of sp³-hybridized carbons (Fsp3) is 0.200. The zero-order chi connectivity index (χ0) is 8.69. The van der Waals surface area contributed by atoms with Crippen molar-refractivity contribution in [3.05, 3.63) is 49.1 Å². The van der Waals surface area contributed by atoms with Gasteiger partial charge in [0.05, 0.1) is 0 Å². The highest BCUT2D eigenvalue weighted by Crippen LogP contribution is 2.01. The van der Waals surface area contributed by atoms with E-state index in [-0.39, 0.29) is 6.04 Å². The molecular formula is C10H15N. The SMILES string of the molecule is C=C/C=C\C(=C/C=C)[C@H](C)N. The smallest absolute Gasteiger partial charge is 0.0266 e. The van der Waals surface area contributed by atoms with Crippen molar-refractivity contribution in [2.45, 2.75) is 13.0 Å². The second-order valence-electron chi connectivity index (χ2n) is 2.29. The van der Waals surface area contributed by atoms with E-state index in [4.69, 9.17) is 5.73 Å². The Balaban J connectivity index is 4.34. The number of allylic oxidation sites excluding steroid dienone is 4. The van der Waals surface area contributed by atoms with Crippen LogP contribution in [0.1, 0.15) is 6.92 Å².